The second kappa shape index (κ2) is 4.07. The van der Waals surface area contributed by atoms with E-state index < -0.39 is 11.5 Å². The van der Waals surface area contributed by atoms with Crippen LogP contribution in [0.4, 0.5) is 0 Å². The molecule has 4 heteroatoms. The Morgan fingerprint density at radius 3 is 2.62 bits per heavy atom. The van der Waals surface area contributed by atoms with E-state index in [1.165, 1.54) is 0 Å². The minimum absolute atomic E-state index is 0.0225. The van der Waals surface area contributed by atoms with Gasteiger partial charge in [0, 0.05) is 13.0 Å². The lowest BCUT2D eigenvalue weighted by molar-refractivity contribution is -0.159. The molecule has 16 heavy (non-hydrogen) atoms. The molecule has 1 unspecified atom stereocenters. The molecule has 1 saturated heterocycles. The number of hydrogen-bond donors (Lipinski definition) is 1. The van der Waals surface area contributed by atoms with E-state index in [2.05, 4.69) is 0 Å². The second-order valence-electron chi connectivity index (χ2n) is 5.08. The highest BCUT2D eigenvalue weighted by molar-refractivity contribution is 5.87. The summed E-state index contributed by atoms with van der Waals surface area (Å²) in [6.45, 7) is 2.33. The molecule has 4 nitrogen and oxygen atoms in total. The Labute approximate surface area is 95.6 Å². The van der Waals surface area contributed by atoms with Crippen LogP contribution in [0.5, 0.6) is 0 Å². The molecule has 1 saturated carbocycles. The molecule has 0 aromatic heterocycles. The Bertz CT molecular complexity index is 311. The molecule has 0 radical (unpaired) electrons. The molecule has 1 amide bonds. The van der Waals surface area contributed by atoms with Gasteiger partial charge in [-0.15, -0.1) is 0 Å². The fraction of sp³-hybridized carbons (Fsp3) is 0.833. The smallest absolute Gasteiger partial charge is 0.329 e. The molecule has 90 valence electrons. The van der Waals surface area contributed by atoms with Crippen LogP contribution in [0, 0.1) is 5.92 Å². The summed E-state index contributed by atoms with van der Waals surface area (Å²) in [5.41, 5.74) is -0.957. The molecule has 2 fully saturated rings. The lowest BCUT2D eigenvalue weighted by Crippen LogP contribution is -2.56. The number of likely N-dealkylation sites (tertiary alicyclic amines) is 1. The topological polar surface area (TPSA) is 57.6 Å². The van der Waals surface area contributed by atoms with Crippen molar-refractivity contribution in [3.05, 3.63) is 0 Å². The van der Waals surface area contributed by atoms with Crippen molar-refractivity contribution in [2.45, 2.75) is 51.0 Å². The summed E-state index contributed by atoms with van der Waals surface area (Å²) in [4.78, 5) is 25.1. The van der Waals surface area contributed by atoms with E-state index in [0.29, 0.717) is 13.0 Å². The van der Waals surface area contributed by atoms with Gasteiger partial charge in [-0.25, -0.2) is 4.79 Å². The van der Waals surface area contributed by atoms with Crippen LogP contribution in [-0.2, 0) is 9.59 Å². The van der Waals surface area contributed by atoms with Gasteiger partial charge in [0.1, 0.15) is 5.54 Å². The summed E-state index contributed by atoms with van der Waals surface area (Å²) in [5.74, 6) is -0.661. The van der Waals surface area contributed by atoms with E-state index in [-0.39, 0.29) is 11.8 Å². The van der Waals surface area contributed by atoms with Gasteiger partial charge in [-0.1, -0.05) is 6.42 Å². The molecule has 0 spiro atoms. The van der Waals surface area contributed by atoms with Crippen molar-refractivity contribution in [2.24, 2.45) is 5.92 Å². The number of hydrogen-bond acceptors (Lipinski definition) is 2. The van der Waals surface area contributed by atoms with E-state index >= 15 is 0 Å². The van der Waals surface area contributed by atoms with Crippen molar-refractivity contribution in [1.29, 1.82) is 0 Å². The Hall–Kier alpha value is -1.06. The molecule has 0 aromatic carbocycles. The predicted molar refractivity (Wildman–Crippen MR) is 58.9 cm³/mol. The molecule has 1 aliphatic heterocycles. The van der Waals surface area contributed by atoms with Gasteiger partial charge in [-0.05, 0) is 38.5 Å². The van der Waals surface area contributed by atoms with Crippen LogP contribution in [0.3, 0.4) is 0 Å². The average molecular weight is 225 g/mol. The maximum atomic E-state index is 12.0. The van der Waals surface area contributed by atoms with Crippen LogP contribution in [0.25, 0.3) is 0 Å². The number of rotatable bonds is 3. The molecule has 0 bridgehead atoms. The van der Waals surface area contributed by atoms with Gasteiger partial charge in [0.05, 0.1) is 0 Å². The summed E-state index contributed by atoms with van der Waals surface area (Å²) in [5, 5.41) is 9.41. The van der Waals surface area contributed by atoms with Crippen molar-refractivity contribution in [2.75, 3.05) is 6.54 Å². The number of nitrogens with zero attached hydrogens (tertiary/aromatic N) is 1. The van der Waals surface area contributed by atoms with Gasteiger partial charge in [0.2, 0.25) is 5.91 Å². The average Bonchev–Trinajstić information content (AvgIpc) is 3.02. The minimum atomic E-state index is -0.957. The van der Waals surface area contributed by atoms with Gasteiger partial charge in [0.15, 0.2) is 0 Å². The van der Waals surface area contributed by atoms with Crippen LogP contribution in [0.1, 0.15) is 45.4 Å². The fourth-order valence-corrected chi connectivity index (χ4v) is 2.63. The summed E-state index contributed by atoms with van der Waals surface area (Å²) in [6, 6.07) is 0. The van der Waals surface area contributed by atoms with Crippen molar-refractivity contribution in [1.82, 2.24) is 4.90 Å². The highest BCUT2D eigenvalue weighted by Crippen LogP contribution is 2.44. The number of aliphatic carboxylic acids is 1. The van der Waals surface area contributed by atoms with Gasteiger partial charge in [0.25, 0.3) is 0 Å². The third-order valence-electron chi connectivity index (χ3n) is 3.94. The van der Waals surface area contributed by atoms with Gasteiger partial charge in [-0.3, -0.25) is 4.79 Å². The van der Waals surface area contributed by atoms with Crippen molar-refractivity contribution < 1.29 is 14.7 Å². The summed E-state index contributed by atoms with van der Waals surface area (Å²) in [6.07, 6.45) is 5.24. The highest BCUT2D eigenvalue weighted by Gasteiger charge is 2.53. The SMILES string of the molecule is CC(C(=O)O)(C1CC1)N1CCCCCC1=O. The largest absolute Gasteiger partial charge is 0.479 e. The number of amides is 1. The summed E-state index contributed by atoms with van der Waals surface area (Å²) < 4.78 is 0. The van der Waals surface area contributed by atoms with E-state index in [1.54, 1.807) is 11.8 Å². The first kappa shape index (κ1) is 11.4. The molecular weight excluding hydrogens is 206 g/mol. The lowest BCUT2D eigenvalue weighted by Gasteiger charge is -2.37. The molecule has 2 rings (SSSR count). The van der Waals surface area contributed by atoms with Crippen LogP contribution in [0.15, 0.2) is 0 Å². The maximum absolute atomic E-state index is 12.0. The predicted octanol–water partition coefficient (Wildman–Crippen LogP) is 1.64. The second-order valence-corrected chi connectivity index (χ2v) is 5.08. The Morgan fingerprint density at radius 1 is 1.38 bits per heavy atom. The third kappa shape index (κ3) is 1.81. The number of carbonyl (C=O) groups is 2. The summed E-state index contributed by atoms with van der Waals surface area (Å²) >= 11 is 0. The lowest BCUT2D eigenvalue weighted by atomic mass is 9.93. The molecule has 1 aliphatic carbocycles. The highest BCUT2D eigenvalue weighted by atomic mass is 16.4. The monoisotopic (exact) mass is 225 g/mol. The maximum Gasteiger partial charge on any atom is 0.329 e. The minimum Gasteiger partial charge on any atom is -0.479 e. The zero-order chi connectivity index (χ0) is 11.8. The van der Waals surface area contributed by atoms with Crippen LogP contribution in [-0.4, -0.2) is 34.0 Å². The first-order chi connectivity index (χ1) is 7.56. The molecular formula is C12H19NO3. The fourth-order valence-electron chi connectivity index (χ4n) is 2.63. The van der Waals surface area contributed by atoms with E-state index in [9.17, 15) is 14.7 Å². The Balaban J connectivity index is 2.23. The molecule has 2 aliphatic rings. The quantitative estimate of drug-likeness (QED) is 0.794. The summed E-state index contributed by atoms with van der Waals surface area (Å²) in [7, 11) is 0. The van der Waals surface area contributed by atoms with E-state index in [4.69, 9.17) is 0 Å². The molecule has 1 heterocycles. The van der Waals surface area contributed by atoms with Gasteiger partial charge < -0.3 is 10.0 Å². The zero-order valence-electron chi connectivity index (χ0n) is 9.74. The van der Waals surface area contributed by atoms with Crippen molar-refractivity contribution in [3.8, 4) is 0 Å². The van der Waals surface area contributed by atoms with Gasteiger partial charge in [-0.2, -0.15) is 0 Å². The number of carboxylic acids is 1. The molecule has 1 atom stereocenters. The normalized spacial score (nSPS) is 26.1. The van der Waals surface area contributed by atoms with Crippen molar-refractivity contribution >= 4 is 11.9 Å². The standard InChI is InChI=1S/C12H19NO3/c1-12(11(15)16,9-6-7-9)13-8-4-2-3-5-10(13)14/h9H,2-8H2,1H3,(H,15,16). The van der Waals surface area contributed by atoms with Gasteiger partial charge >= 0.3 is 5.97 Å². The van der Waals surface area contributed by atoms with E-state index in [0.717, 1.165) is 32.1 Å². The van der Waals surface area contributed by atoms with Crippen LogP contribution >= 0.6 is 0 Å². The molecule has 0 aromatic rings. The Morgan fingerprint density at radius 2 is 2.06 bits per heavy atom. The third-order valence-corrected chi connectivity index (χ3v) is 3.94. The zero-order valence-corrected chi connectivity index (χ0v) is 9.74. The van der Waals surface area contributed by atoms with Crippen LogP contribution < -0.4 is 0 Å². The Kier molecular flexibility index (Phi) is 2.91. The first-order valence-corrected chi connectivity index (χ1v) is 6.10. The number of carboxylic acid groups (broad SMARTS) is 1. The van der Waals surface area contributed by atoms with Crippen LogP contribution in [0.2, 0.25) is 0 Å². The van der Waals surface area contributed by atoms with E-state index in [1.807, 2.05) is 0 Å². The first-order valence-electron chi connectivity index (χ1n) is 6.10. The number of carbonyl (C=O) groups excluding carboxylic acids is 1. The van der Waals surface area contributed by atoms with Crippen molar-refractivity contribution in [3.63, 3.8) is 0 Å². The molecule has 1 N–H and O–H groups in total.